The Kier molecular flexibility index (Phi) is 7.64. The Balaban J connectivity index is 2.22. The minimum Gasteiger partial charge on any atom is -0.353 e. The van der Waals surface area contributed by atoms with Gasteiger partial charge in [0, 0.05) is 35.6 Å². The van der Waals surface area contributed by atoms with E-state index < -0.39 is 5.92 Å². The van der Waals surface area contributed by atoms with Crippen LogP contribution in [0, 0.1) is 27.7 Å². The molecule has 1 aromatic heterocycles. The summed E-state index contributed by atoms with van der Waals surface area (Å²) in [5, 5.41) is 2.92. The standard InChI is InChI=1S/C27H39N5O2/c1-10-20(11-2)32-24-21(22(26(32)34)25(33)28-15(4)5)19(9)29-27(30-24)31(12-3)23-17(7)13-16(6)14-18(23)8/h13-15,20,22H,10-12H2,1-9H3,(H,28,33). The van der Waals surface area contributed by atoms with Crippen molar-refractivity contribution in [2.45, 2.75) is 93.2 Å². The molecule has 184 valence electrons. The lowest BCUT2D eigenvalue weighted by Gasteiger charge is -2.29. The van der Waals surface area contributed by atoms with Crippen molar-refractivity contribution in [3.63, 3.8) is 0 Å². The molecule has 2 heterocycles. The van der Waals surface area contributed by atoms with Gasteiger partial charge in [-0.05, 0) is 72.4 Å². The molecule has 0 fully saturated rings. The molecule has 2 aromatic rings. The lowest BCUT2D eigenvalue weighted by molar-refractivity contribution is -0.130. The zero-order chi connectivity index (χ0) is 25.3. The van der Waals surface area contributed by atoms with Crippen LogP contribution in [-0.4, -0.2) is 40.4 Å². The van der Waals surface area contributed by atoms with E-state index in [4.69, 9.17) is 9.97 Å². The Labute approximate surface area is 204 Å². The third-order valence-electron chi connectivity index (χ3n) is 6.57. The highest BCUT2D eigenvalue weighted by molar-refractivity contribution is 6.17. The second-order valence-corrected chi connectivity index (χ2v) is 9.61. The molecule has 0 spiro atoms. The number of nitrogens with one attached hydrogen (secondary N) is 1. The number of rotatable bonds is 8. The largest absolute Gasteiger partial charge is 0.353 e. The molecule has 0 aliphatic carbocycles. The molecule has 34 heavy (non-hydrogen) atoms. The molecule has 7 heteroatoms. The van der Waals surface area contributed by atoms with E-state index in [0.717, 1.165) is 29.7 Å². The first-order valence-electron chi connectivity index (χ1n) is 12.4. The second kappa shape index (κ2) is 10.1. The molecule has 2 amide bonds. The maximum absolute atomic E-state index is 13.6. The van der Waals surface area contributed by atoms with Crippen molar-refractivity contribution in [2.75, 3.05) is 16.3 Å². The highest BCUT2D eigenvalue weighted by Crippen LogP contribution is 2.42. The molecule has 0 bridgehead atoms. The molecule has 0 saturated heterocycles. The number of aryl methyl sites for hydroxylation is 4. The number of anilines is 3. The van der Waals surface area contributed by atoms with Gasteiger partial charge in [0.25, 0.3) is 0 Å². The SMILES string of the molecule is CCC(CC)N1C(=O)C(C(=O)NC(C)C)c2c(C)nc(N(CC)c3c(C)cc(C)cc3C)nc21. The fourth-order valence-corrected chi connectivity index (χ4v) is 5.18. The topological polar surface area (TPSA) is 78.4 Å². The first kappa shape index (κ1) is 25.7. The predicted octanol–water partition coefficient (Wildman–Crippen LogP) is 5.01. The number of fused-ring (bicyclic) bond motifs is 1. The zero-order valence-corrected chi connectivity index (χ0v) is 22.1. The van der Waals surface area contributed by atoms with Crippen molar-refractivity contribution < 1.29 is 9.59 Å². The molecule has 1 atom stereocenters. The summed E-state index contributed by atoms with van der Waals surface area (Å²) in [6, 6.07) is 4.24. The van der Waals surface area contributed by atoms with Crippen molar-refractivity contribution in [3.05, 3.63) is 40.1 Å². The molecule has 0 saturated carbocycles. The lowest BCUT2D eigenvalue weighted by atomic mass is 9.99. The summed E-state index contributed by atoms with van der Waals surface area (Å²) < 4.78 is 0. The fraction of sp³-hybridized carbons (Fsp3) is 0.556. The van der Waals surface area contributed by atoms with Gasteiger partial charge in [-0.2, -0.15) is 4.98 Å². The predicted molar refractivity (Wildman–Crippen MR) is 138 cm³/mol. The van der Waals surface area contributed by atoms with E-state index >= 15 is 0 Å². The van der Waals surface area contributed by atoms with Crippen LogP contribution in [0.1, 0.15) is 81.3 Å². The van der Waals surface area contributed by atoms with Crippen LogP contribution in [0.15, 0.2) is 12.1 Å². The quantitative estimate of drug-likeness (QED) is 0.554. The molecule has 1 aliphatic rings. The number of nitrogens with zero attached hydrogens (tertiary/aromatic N) is 4. The van der Waals surface area contributed by atoms with E-state index in [9.17, 15) is 9.59 Å². The van der Waals surface area contributed by atoms with E-state index in [2.05, 4.69) is 63.9 Å². The van der Waals surface area contributed by atoms with Gasteiger partial charge >= 0.3 is 0 Å². The average molecular weight is 466 g/mol. The van der Waals surface area contributed by atoms with Crippen LogP contribution in [0.4, 0.5) is 17.5 Å². The molecule has 3 rings (SSSR count). The van der Waals surface area contributed by atoms with Gasteiger partial charge in [0.2, 0.25) is 17.8 Å². The van der Waals surface area contributed by atoms with Gasteiger partial charge in [0.1, 0.15) is 11.7 Å². The fourth-order valence-electron chi connectivity index (χ4n) is 5.18. The first-order valence-corrected chi connectivity index (χ1v) is 12.4. The third kappa shape index (κ3) is 4.52. The molecule has 1 aliphatic heterocycles. The number of carbonyl (C=O) groups is 2. The summed E-state index contributed by atoms with van der Waals surface area (Å²) >= 11 is 0. The monoisotopic (exact) mass is 465 g/mol. The van der Waals surface area contributed by atoms with E-state index in [1.54, 1.807) is 4.90 Å². The number of hydrogen-bond acceptors (Lipinski definition) is 5. The maximum atomic E-state index is 13.6. The molecule has 1 aromatic carbocycles. The van der Waals surface area contributed by atoms with Crippen LogP contribution in [-0.2, 0) is 9.59 Å². The summed E-state index contributed by atoms with van der Waals surface area (Å²) in [5.74, 6) is -0.271. The summed E-state index contributed by atoms with van der Waals surface area (Å²) in [4.78, 5) is 40.4. The summed E-state index contributed by atoms with van der Waals surface area (Å²) in [6.07, 6.45) is 1.57. The summed E-state index contributed by atoms with van der Waals surface area (Å²) in [6.45, 7) is 18.9. The van der Waals surface area contributed by atoms with E-state index in [1.165, 1.54) is 5.56 Å². The molecular weight excluding hydrogens is 426 g/mol. The van der Waals surface area contributed by atoms with Crippen molar-refractivity contribution in [1.29, 1.82) is 0 Å². The van der Waals surface area contributed by atoms with Crippen LogP contribution in [0.5, 0.6) is 0 Å². The van der Waals surface area contributed by atoms with Crippen LogP contribution in [0.3, 0.4) is 0 Å². The van der Waals surface area contributed by atoms with Crippen LogP contribution in [0.25, 0.3) is 0 Å². The van der Waals surface area contributed by atoms with Gasteiger partial charge < -0.3 is 10.2 Å². The number of hydrogen-bond donors (Lipinski definition) is 1. The van der Waals surface area contributed by atoms with E-state index in [1.807, 2.05) is 20.8 Å². The minimum atomic E-state index is -0.912. The van der Waals surface area contributed by atoms with Gasteiger partial charge in [0.05, 0.1) is 0 Å². The van der Waals surface area contributed by atoms with E-state index in [0.29, 0.717) is 29.6 Å². The van der Waals surface area contributed by atoms with Gasteiger partial charge in [0.15, 0.2) is 0 Å². The molecular formula is C27H39N5O2. The van der Waals surface area contributed by atoms with Crippen molar-refractivity contribution in [3.8, 4) is 0 Å². The van der Waals surface area contributed by atoms with Crippen LogP contribution in [0.2, 0.25) is 0 Å². The Morgan fingerprint density at radius 1 is 1.06 bits per heavy atom. The lowest BCUT2D eigenvalue weighted by Crippen LogP contribution is -2.43. The highest BCUT2D eigenvalue weighted by atomic mass is 16.2. The Morgan fingerprint density at radius 2 is 1.65 bits per heavy atom. The van der Waals surface area contributed by atoms with Gasteiger partial charge in [-0.25, -0.2) is 4.98 Å². The van der Waals surface area contributed by atoms with Gasteiger partial charge in [-0.15, -0.1) is 0 Å². The third-order valence-corrected chi connectivity index (χ3v) is 6.57. The minimum absolute atomic E-state index is 0.0248. The zero-order valence-electron chi connectivity index (χ0n) is 22.1. The maximum Gasteiger partial charge on any atom is 0.245 e. The number of aromatic nitrogens is 2. The first-order chi connectivity index (χ1) is 16.0. The Morgan fingerprint density at radius 3 is 2.15 bits per heavy atom. The van der Waals surface area contributed by atoms with Crippen molar-refractivity contribution in [2.24, 2.45) is 0 Å². The number of amides is 2. The molecule has 7 nitrogen and oxygen atoms in total. The van der Waals surface area contributed by atoms with Crippen molar-refractivity contribution in [1.82, 2.24) is 15.3 Å². The molecule has 1 unspecified atom stereocenters. The summed E-state index contributed by atoms with van der Waals surface area (Å²) in [7, 11) is 0. The molecule has 0 radical (unpaired) electrons. The number of carbonyl (C=O) groups excluding carboxylic acids is 2. The second-order valence-electron chi connectivity index (χ2n) is 9.61. The van der Waals surface area contributed by atoms with Crippen molar-refractivity contribution >= 4 is 29.3 Å². The van der Waals surface area contributed by atoms with E-state index in [-0.39, 0.29) is 23.9 Å². The highest BCUT2D eigenvalue weighted by Gasteiger charge is 2.47. The molecule has 1 N–H and O–H groups in total. The van der Waals surface area contributed by atoms with Gasteiger partial charge in [-0.1, -0.05) is 31.5 Å². The number of benzene rings is 1. The van der Waals surface area contributed by atoms with Crippen LogP contribution >= 0.6 is 0 Å². The average Bonchev–Trinajstić information content (AvgIpc) is 3.04. The Hall–Kier alpha value is -2.96. The Bertz CT molecular complexity index is 1070. The summed E-state index contributed by atoms with van der Waals surface area (Å²) in [5.41, 5.74) is 5.91. The smallest absolute Gasteiger partial charge is 0.245 e. The van der Waals surface area contributed by atoms with Crippen LogP contribution < -0.4 is 15.1 Å². The van der Waals surface area contributed by atoms with Gasteiger partial charge in [-0.3, -0.25) is 14.5 Å². The normalized spacial score (nSPS) is 15.3.